The fourth-order valence-electron chi connectivity index (χ4n) is 4.05. The van der Waals surface area contributed by atoms with Gasteiger partial charge in [-0.15, -0.1) is 0 Å². The van der Waals surface area contributed by atoms with Crippen LogP contribution in [0.3, 0.4) is 0 Å². The molecule has 172 valence electrons. The van der Waals surface area contributed by atoms with E-state index in [9.17, 15) is 14.0 Å². The second-order valence-electron chi connectivity index (χ2n) is 8.18. The summed E-state index contributed by atoms with van der Waals surface area (Å²) in [7, 11) is 5.01. The number of carbonyl (C=O) groups is 2. The molecule has 32 heavy (non-hydrogen) atoms. The number of halogens is 1. The van der Waals surface area contributed by atoms with Crippen LogP contribution in [0.25, 0.3) is 0 Å². The Labute approximate surface area is 188 Å². The van der Waals surface area contributed by atoms with Crippen molar-refractivity contribution in [3.05, 3.63) is 59.4 Å². The van der Waals surface area contributed by atoms with E-state index in [4.69, 9.17) is 9.47 Å². The molecular formula is C25H31FN2O4. The zero-order valence-corrected chi connectivity index (χ0v) is 19.0. The molecule has 0 radical (unpaired) electrons. The first-order valence-electron chi connectivity index (χ1n) is 10.9. The molecule has 1 heterocycles. The third-order valence-electron chi connectivity index (χ3n) is 5.95. The molecule has 2 aromatic carbocycles. The maximum Gasteiger partial charge on any atom is 0.227 e. The monoisotopic (exact) mass is 442 g/mol. The van der Waals surface area contributed by atoms with Crippen molar-refractivity contribution < 1.29 is 23.5 Å². The van der Waals surface area contributed by atoms with Crippen LogP contribution in [0.1, 0.15) is 24.0 Å². The second kappa shape index (κ2) is 11.0. The molecule has 2 aromatic rings. The lowest BCUT2D eigenvalue weighted by atomic mass is 9.95. The van der Waals surface area contributed by atoms with Crippen LogP contribution in [0.2, 0.25) is 0 Å². The first-order chi connectivity index (χ1) is 15.4. The first-order valence-corrected chi connectivity index (χ1v) is 10.9. The lowest BCUT2D eigenvalue weighted by molar-refractivity contribution is -0.139. The maximum atomic E-state index is 13.1. The number of piperidine rings is 1. The number of ether oxygens (including phenoxy) is 2. The van der Waals surface area contributed by atoms with Gasteiger partial charge in [0.05, 0.1) is 26.6 Å². The second-order valence-corrected chi connectivity index (χ2v) is 8.18. The van der Waals surface area contributed by atoms with E-state index in [0.717, 1.165) is 24.0 Å². The van der Waals surface area contributed by atoms with Gasteiger partial charge in [-0.1, -0.05) is 18.2 Å². The molecule has 1 unspecified atom stereocenters. The Morgan fingerprint density at radius 1 is 1.06 bits per heavy atom. The molecular weight excluding hydrogens is 411 g/mol. The SMILES string of the molecule is COc1ccc(CCN(C)C(=O)C2CCCN(C(=O)Cc3ccc(F)cc3)C2)cc1OC. The predicted octanol–water partition coefficient (Wildman–Crippen LogP) is 3.33. The van der Waals surface area contributed by atoms with Crippen molar-refractivity contribution in [3.63, 3.8) is 0 Å². The molecule has 1 aliphatic heterocycles. The topological polar surface area (TPSA) is 59.1 Å². The first kappa shape index (κ1) is 23.6. The van der Waals surface area contributed by atoms with E-state index in [-0.39, 0.29) is 30.0 Å². The number of carbonyl (C=O) groups excluding carboxylic acids is 2. The molecule has 0 saturated carbocycles. The number of benzene rings is 2. The Kier molecular flexibility index (Phi) is 8.09. The standard InChI is InChI=1S/C25H31FN2O4/c1-27(14-12-19-8-11-22(31-2)23(15-19)32-3)25(30)20-5-4-13-28(17-20)24(29)16-18-6-9-21(26)10-7-18/h6-11,15,20H,4-5,12-14,16-17H2,1-3H3. The minimum atomic E-state index is -0.319. The Bertz CT molecular complexity index is 932. The number of hydrogen-bond acceptors (Lipinski definition) is 4. The number of rotatable bonds is 8. The highest BCUT2D eigenvalue weighted by Crippen LogP contribution is 2.28. The number of methoxy groups -OCH3 is 2. The summed E-state index contributed by atoms with van der Waals surface area (Å²) in [6.45, 7) is 1.66. The third kappa shape index (κ3) is 5.99. The van der Waals surface area contributed by atoms with Gasteiger partial charge in [0, 0.05) is 26.7 Å². The summed E-state index contributed by atoms with van der Waals surface area (Å²) >= 11 is 0. The highest BCUT2D eigenvalue weighted by Gasteiger charge is 2.30. The van der Waals surface area contributed by atoms with Crippen LogP contribution in [-0.2, 0) is 22.4 Å². The van der Waals surface area contributed by atoms with Gasteiger partial charge in [0.1, 0.15) is 5.82 Å². The van der Waals surface area contributed by atoms with E-state index in [0.29, 0.717) is 37.6 Å². The zero-order valence-electron chi connectivity index (χ0n) is 19.0. The Morgan fingerprint density at radius 2 is 1.75 bits per heavy atom. The molecule has 3 rings (SSSR count). The van der Waals surface area contributed by atoms with Gasteiger partial charge in [-0.05, 0) is 54.7 Å². The van der Waals surface area contributed by atoms with Gasteiger partial charge in [-0.2, -0.15) is 0 Å². The van der Waals surface area contributed by atoms with E-state index in [2.05, 4.69) is 0 Å². The van der Waals surface area contributed by atoms with Crippen molar-refractivity contribution in [1.29, 1.82) is 0 Å². The Balaban J connectivity index is 1.53. The van der Waals surface area contributed by atoms with E-state index < -0.39 is 0 Å². The van der Waals surface area contributed by atoms with Gasteiger partial charge >= 0.3 is 0 Å². The van der Waals surface area contributed by atoms with Gasteiger partial charge in [0.2, 0.25) is 11.8 Å². The van der Waals surface area contributed by atoms with Crippen LogP contribution in [-0.4, -0.2) is 62.5 Å². The number of likely N-dealkylation sites (tertiary alicyclic amines) is 1. The van der Waals surface area contributed by atoms with Gasteiger partial charge in [-0.3, -0.25) is 9.59 Å². The van der Waals surface area contributed by atoms with Crippen LogP contribution in [0, 0.1) is 11.7 Å². The van der Waals surface area contributed by atoms with Crippen LogP contribution < -0.4 is 9.47 Å². The lowest BCUT2D eigenvalue weighted by Crippen LogP contribution is -2.46. The fourth-order valence-corrected chi connectivity index (χ4v) is 4.05. The Hall–Kier alpha value is -3.09. The maximum absolute atomic E-state index is 13.1. The fraction of sp³-hybridized carbons (Fsp3) is 0.440. The number of nitrogens with zero attached hydrogens (tertiary/aromatic N) is 2. The molecule has 0 spiro atoms. The third-order valence-corrected chi connectivity index (χ3v) is 5.95. The van der Waals surface area contributed by atoms with Crippen LogP contribution >= 0.6 is 0 Å². The molecule has 6 nitrogen and oxygen atoms in total. The highest BCUT2D eigenvalue weighted by molar-refractivity contribution is 5.82. The van der Waals surface area contributed by atoms with E-state index in [1.807, 2.05) is 25.2 Å². The van der Waals surface area contributed by atoms with Gasteiger partial charge < -0.3 is 19.3 Å². The van der Waals surface area contributed by atoms with Crippen molar-refractivity contribution in [2.75, 3.05) is 40.9 Å². The summed E-state index contributed by atoms with van der Waals surface area (Å²) in [5.74, 6) is 0.860. The number of likely N-dealkylation sites (N-methyl/N-ethyl adjacent to an activating group) is 1. The molecule has 1 fully saturated rings. The molecule has 2 amide bonds. The summed E-state index contributed by atoms with van der Waals surface area (Å²) in [5, 5.41) is 0. The molecule has 0 bridgehead atoms. The summed E-state index contributed by atoms with van der Waals surface area (Å²) < 4.78 is 23.7. The molecule has 0 aromatic heterocycles. The molecule has 0 N–H and O–H groups in total. The Morgan fingerprint density at radius 3 is 2.44 bits per heavy atom. The van der Waals surface area contributed by atoms with Crippen molar-refractivity contribution in [3.8, 4) is 11.5 Å². The molecule has 1 saturated heterocycles. The zero-order chi connectivity index (χ0) is 23.1. The van der Waals surface area contributed by atoms with Crippen molar-refractivity contribution in [1.82, 2.24) is 9.80 Å². The summed E-state index contributed by atoms with van der Waals surface area (Å²) in [6.07, 6.45) is 2.49. The van der Waals surface area contributed by atoms with Crippen LogP contribution in [0.5, 0.6) is 11.5 Å². The molecule has 7 heteroatoms. The van der Waals surface area contributed by atoms with E-state index in [1.54, 1.807) is 36.2 Å². The quantitative estimate of drug-likeness (QED) is 0.629. The number of hydrogen-bond donors (Lipinski definition) is 0. The molecule has 1 atom stereocenters. The van der Waals surface area contributed by atoms with Crippen LogP contribution in [0.4, 0.5) is 4.39 Å². The molecule has 0 aliphatic carbocycles. The smallest absolute Gasteiger partial charge is 0.227 e. The summed E-state index contributed by atoms with van der Waals surface area (Å²) in [4.78, 5) is 29.2. The van der Waals surface area contributed by atoms with E-state index >= 15 is 0 Å². The minimum Gasteiger partial charge on any atom is -0.493 e. The normalized spacial score (nSPS) is 15.9. The summed E-state index contributed by atoms with van der Waals surface area (Å²) in [6, 6.07) is 11.7. The van der Waals surface area contributed by atoms with Crippen molar-refractivity contribution in [2.24, 2.45) is 5.92 Å². The molecule has 1 aliphatic rings. The number of amides is 2. The van der Waals surface area contributed by atoms with Gasteiger partial charge in [0.25, 0.3) is 0 Å². The average molecular weight is 443 g/mol. The average Bonchev–Trinajstić information content (AvgIpc) is 2.83. The predicted molar refractivity (Wildman–Crippen MR) is 120 cm³/mol. The lowest BCUT2D eigenvalue weighted by Gasteiger charge is -2.34. The minimum absolute atomic E-state index is 0.0258. The van der Waals surface area contributed by atoms with Gasteiger partial charge in [0.15, 0.2) is 11.5 Å². The van der Waals surface area contributed by atoms with Gasteiger partial charge in [-0.25, -0.2) is 4.39 Å². The largest absolute Gasteiger partial charge is 0.493 e. The summed E-state index contributed by atoms with van der Waals surface area (Å²) in [5.41, 5.74) is 1.83. The van der Waals surface area contributed by atoms with Crippen molar-refractivity contribution in [2.45, 2.75) is 25.7 Å². The van der Waals surface area contributed by atoms with E-state index in [1.165, 1.54) is 12.1 Å². The van der Waals surface area contributed by atoms with Crippen molar-refractivity contribution >= 4 is 11.8 Å². The highest BCUT2D eigenvalue weighted by atomic mass is 19.1. The van der Waals surface area contributed by atoms with Crippen LogP contribution in [0.15, 0.2) is 42.5 Å².